The van der Waals surface area contributed by atoms with Gasteiger partial charge in [-0.25, -0.2) is 0 Å². The van der Waals surface area contributed by atoms with E-state index in [-0.39, 0.29) is 0 Å². The third kappa shape index (κ3) is 5.30. The number of amides is 1. The molecule has 0 bridgehead atoms. The van der Waals surface area contributed by atoms with Gasteiger partial charge in [-0.1, -0.05) is 19.3 Å². The van der Waals surface area contributed by atoms with Crippen LogP contribution in [0.1, 0.15) is 70.4 Å². The van der Waals surface area contributed by atoms with Crippen molar-refractivity contribution >= 4 is 5.91 Å². The fourth-order valence-corrected chi connectivity index (χ4v) is 4.15. The van der Waals surface area contributed by atoms with E-state index in [1.165, 1.54) is 37.7 Å². The van der Waals surface area contributed by atoms with E-state index in [4.69, 9.17) is 0 Å². The van der Waals surface area contributed by atoms with E-state index in [1.807, 2.05) is 10.9 Å². The highest BCUT2D eigenvalue weighted by atomic mass is 16.2. The van der Waals surface area contributed by atoms with E-state index in [0.29, 0.717) is 17.9 Å². The minimum atomic E-state index is 0.390. The number of hydrogen-bond donors (Lipinski definition) is 0. The quantitative estimate of drug-likeness (QED) is 0.820. The molecule has 1 saturated carbocycles. The van der Waals surface area contributed by atoms with Crippen LogP contribution in [0.5, 0.6) is 0 Å². The summed E-state index contributed by atoms with van der Waals surface area (Å²) in [5.74, 6) is 1.03. The van der Waals surface area contributed by atoms with Gasteiger partial charge in [0.25, 0.3) is 0 Å². The zero-order chi connectivity index (χ0) is 17.6. The van der Waals surface area contributed by atoms with Crippen molar-refractivity contribution in [3.63, 3.8) is 0 Å². The van der Waals surface area contributed by atoms with Crippen LogP contribution in [-0.2, 0) is 11.3 Å². The molecule has 1 aliphatic heterocycles. The molecule has 2 fully saturated rings. The maximum Gasteiger partial charge on any atom is 0.222 e. The highest BCUT2D eigenvalue weighted by Crippen LogP contribution is 2.27. The first-order valence-corrected chi connectivity index (χ1v) is 10.1. The zero-order valence-electron chi connectivity index (χ0n) is 16.0. The summed E-state index contributed by atoms with van der Waals surface area (Å²) in [5.41, 5.74) is 1.27. The van der Waals surface area contributed by atoms with Gasteiger partial charge in [-0.3, -0.25) is 14.4 Å². The summed E-state index contributed by atoms with van der Waals surface area (Å²) in [4.78, 5) is 17.2. The van der Waals surface area contributed by atoms with E-state index < -0.39 is 0 Å². The van der Waals surface area contributed by atoms with Crippen LogP contribution in [0, 0.1) is 5.92 Å². The summed E-state index contributed by atoms with van der Waals surface area (Å²) in [7, 11) is 0. The summed E-state index contributed by atoms with van der Waals surface area (Å²) in [6.45, 7) is 9.09. The zero-order valence-corrected chi connectivity index (χ0v) is 16.0. The average molecular weight is 347 g/mol. The highest BCUT2D eigenvalue weighted by Gasteiger charge is 2.23. The molecule has 140 valence electrons. The summed E-state index contributed by atoms with van der Waals surface area (Å²) in [6.07, 6.45) is 12.5. The third-order valence-corrected chi connectivity index (χ3v) is 5.72. The molecule has 0 unspecified atom stereocenters. The van der Waals surface area contributed by atoms with Crippen molar-refractivity contribution in [3.8, 4) is 0 Å². The molecule has 1 saturated heterocycles. The third-order valence-electron chi connectivity index (χ3n) is 5.72. The van der Waals surface area contributed by atoms with Crippen molar-refractivity contribution in [2.45, 2.75) is 71.4 Å². The molecule has 5 heteroatoms. The SMILES string of the molecule is CC(C)n1cc(CN2CCCN(C(=O)CC3CCCCC3)CC2)cn1. The van der Waals surface area contributed by atoms with Crippen molar-refractivity contribution in [1.29, 1.82) is 0 Å². The van der Waals surface area contributed by atoms with E-state index in [9.17, 15) is 4.79 Å². The molecule has 5 nitrogen and oxygen atoms in total. The smallest absolute Gasteiger partial charge is 0.222 e. The number of hydrogen-bond acceptors (Lipinski definition) is 3. The topological polar surface area (TPSA) is 41.4 Å². The Bertz CT molecular complexity index is 548. The molecule has 25 heavy (non-hydrogen) atoms. The number of aromatic nitrogens is 2. The average Bonchev–Trinajstić information content (AvgIpc) is 2.94. The Morgan fingerprint density at radius 2 is 1.92 bits per heavy atom. The van der Waals surface area contributed by atoms with Crippen LogP contribution in [0.15, 0.2) is 12.4 Å². The second-order valence-corrected chi connectivity index (χ2v) is 8.14. The first-order chi connectivity index (χ1) is 12.1. The van der Waals surface area contributed by atoms with Crippen LogP contribution in [0.2, 0.25) is 0 Å². The Balaban J connectivity index is 1.47. The Labute approximate surface area is 152 Å². The van der Waals surface area contributed by atoms with Gasteiger partial charge in [0.2, 0.25) is 5.91 Å². The number of nitrogens with zero attached hydrogens (tertiary/aromatic N) is 4. The number of carbonyl (C=O) groups is 1. The Hall–Kier alpha value is -1.36. The van der Waals surface area contributed by atoms with Crippen LogP contribution in [0.25, 0.3) is 0 Å². The van der Waals surface area contributed by atoms with Crippen LogP contribution in [0.3, 0.4) is 0 Å². The van der Waals surface area contributed by atoms with Crippen LogP contribution >= 0.6 is 0 Å². The molecular formula is C20H34N4O. The van der Waals surface area contributed by atoms with Gasteiger partial charge in [-0.05, 0) is 39.0 Å². The van der Waals surface area contributed by atoms with Crippen molar-refractivity contribution in [2.24, 2.45) is 5.92 Å². The monoisotopic (exact) mass is 346 g/mol. The van der Waals surface area contributed by atoms with E-state index in [2.05, 4.69) is 34.9 Å². The maximum absolute atomic E-state index is 12.7. The van der Waals surface area contributed by atoms with Crippen molar-refractivity contribution in [3.05, 3.63) is 18.0 Å². The molecule has 1 aromatic heterocycles. The Morgan fingerprint density at radius 1 is 1.12 bits per heavy atom. The normalized spacial score (nSPS) is 20.8. The molecular weight excluding hydrogens is 312 g/mol. The molecule has 1 aliphatic carbocycles. The van der Waals surface area contributed by atoms with E-state index in [0.717, 1.165) is 45.6 Å². The lowest BCUT2D eigenvalue weighted by Crippen LogP contribution is -2.36. The number of rotatable bonds is 5. The Morgan fingerprint density at radius 3 is 2.64 bits per heavy atom. The summed E-state index contributed by atoms with van der Waals surface area (Å²) >= 11 is 0. The predicted molar refractivity (Wildman–Crippen MR) is 100 cm³/mol. The van der Waals surface area contributed by atoms with Gasteiger partial charge in [-0.2, -0.15) is 5.10 Å². The first kappa shape index (κ1) is 18.4. The fraction of sp³-hybridized carbons (Fsp3) is 0.800. The lowest BCUT2D eigenvalue weighted by molar-refractivity contribution is -0.132. The van der Waals surface area contributed by atoms with E-state index >= 15 is 0 Å². The van der Waals surface area contributed by atoms with Gasteiger partial charge in [0.05, 0.1) is 6.20 Å². The van der Waals surface area contributed by atoms with Crippen molar-refractivity contribution in [2.75, 3.05) is 26.2 Å². The summed E-state index contributed by atoms with van der Waals surface area (Å²) in [6, 6.07) is 0.408. The van der Waals surface area contributed by atoms with Crippen LogP contribution in [-0.4, -0.2) is 51.7 Å². The summed E-state index contributed by atoms with van der Waals surface area (Å²) < 4.78 is 2.02. The molecule has 0 N–H and O–H groups in total. The van der Waals surface area contributed by atoms with E-state index in [1.54, 1.807) is 0 Å². The summed E-state index contributed by atoms with van der Waals surface area (Å²) in [5, 5.41) is 4.44. The van der Waals surface area contributed by atoms with Gasteiger partial charge in [0.15, 0.2) is 0 Å². The van der Waals surface area contributed by atoms with Crippen LogP contribution in [0.4, 0.5) is 0 Å². The maximum atomic E-state index is 12.7. The molecule has 0 spiro atoms. The highest BCUT2D eigenvalue weighted by molar-refractivity contribution is 5.76. The van der Waals surface area contributed by atoms with Crippen LogP contribution < -0.4 is 0 Å². The van der Waals surface area contributed by atoms with Gasteiger partial charge >= 0.3 is 0 Å². The molecule has 2 aliphatic rings. The Kier molecular flexibility index (Phi) is 6.51. The van der Waals surface area contributed by atoms with Crippen molar-refractivity contribution < 1.29 is 4.79 Å². The molecule has 0 atom stereocenters. The molecule has 0 radical (unpaired) electrons. The molecule has 1 amide bonds. The number of carbonyl (C=O) groups excluding carboxylic acids is 1. The minimum Gasteiger partial charge on any atom is -0.341 e. The van der Waals surface area contributed by atoms with Gasteiger partial charge in [-0.15, -0.1) is 0 Å². The standard InChI is InChI=1S/C20H34N4O/c1-17(2)24-16-19(14-21-24)15-22-9-6-10-23(12-11-22)20(25)13-18-7-4-3-5-8-18/h14,16-18H,3-13,15H2,1-2H3. The first-order valence-electron chi connectivity index (χ1n) is 10.1. The minimum absolute atomic E-state index is 0.390. The van der Waals surface area contributed by atoms with Crippen molar-refractivity contribution in [1.82, 2.24) is 19.6 Å². The largest absolute Gasteiger partial charge is 0.341 e. The molecule has 0 aromatic carbocycles. The second-order valence-electron chi connectivity index (χ2n) is 8.14. The predicted octanol–water partition coefficient (Wildman–Crippen LogP) is 3.47. The lowest BCUT2D eigenvalue weighted by atomic mass is 9.86. The van der Waals surface area contributed by atoms with Gasteiger partial charge < -0.3 is 4.90 Å². The molecule has 1 aromatic rings. The fourth-order valence-electron chi connectivity index (χ4n) is 4.15. The lowest BCUT2D eigenvalue weighted by Gasteiger charge is -2.26. The second kappa shape index (κ2) is 8.84. The van der Waals surface area contributed by atoms with Gasteiger partial charge in [0, 0.05) is 56.9 Å². The van der Waals surface area contributed by atoms with Gasteiger partial charge in [0.1, 0.15) is 0 Å². The molecule has 3 rings (SSSR count). The molecule has 2 heterocycles.